The first kappa shape index (κ1) is 25.0. The van der Waals surface area contributed by atoms with Gasteiger partial charge in [-0.2, -0.15) is 4.98 Å². The van der Waals surface area contributed by atoms with E-state index in [1.165, 1.54) is 5.56 Å². The molecule has 3 heterocycles. The molecule has 0 bridgehead atoms. The van der Waals surface area contributed by atoms with Crippen LogP contribution in [-0.2, 0) is 15.8 Å². The Kier molecular flexibility index (Phi) is 6.92. The Bertz CT molecular complexity index is 1290. The number of aryl methyl sites for hydroxylation is 2. The Labute approximate surface area is 214 Å². The van der Waals surface area contributed by atoms with Gasteiger partial charge >= 0.3 is 5.97 Å². The number of rotatable bonds is 9. The summed E-state index contributed by atoms with van der Waals surface area (Å²) < 4.78 is 21.1. The van der Waals surface area contributed by atoms with E-state index in [0.717, 1.165) is 53.8 Å². The van der Waals surface area contributed by atoms with E-state index in [0.29, 0.717) is 49.7 Å². The molecular formula is C28H35N3O4S. The molecule has 36 heavy (non-hydrogen) atoms. The molecule has 1 aliphatic carbocycles. The van der Waals surface area contributed by atoms with Crippen molar-refractivity contribution in [2.75, 3.05) is 30.2 Å². The number of nitrogens with zero attached hydrogens (tertiary/aromatic N) is 2. The van der Waals surface area contributed by atoms with Gasteiger partial charge in [-0.15, -0.1) is 0 Å². The van der Waals surface area contributed by atoms with Crippen LogP contribution in [0.2, 0.25) is 0 Å². The Hall–Kier alpha value is -2.71. The van der Waals surface area contributed by atoms with E-state index in [-0.39, 0.29) is 0 Å². The number of pyridine rings is 1. The van der Waals surface area contributed by atoms with Gasteiger partial charge < -0.3 is 14.8 Å². The minimum atomic E-state index is -1.29. The van der Waals surface area contributed by atoms with Crippen LogP contribution in [0.3, 0.4) is 0 Å². The topological polar surface area (TPSA) is 95.7 Å². The first-order valence-electron chi connectivity index (χ1n) is 12.9. The van der Waals surface area contributed by atoms with Gasteiger partial charge in [-0.25, -0.2) is 4.21 Å². The fraction of sp³-hybridized carbons (Fsp3) is 0.500. The molecule has 1 unspecified atom stereocenters. The Morgan fingerprint density at radius 3 is 2.53 bits per heavy atom. The summed E-state index contributed by atoms with van der Waals surface area (Å²) in [6, 6.07) is 10.5. The monoisotopic (exact) mass is 509 g/mol. The van der Waals surface area contributed by atoms with Crippen LogP contribution in [-0.4, -0.2) is 46.2 Å². The third kappa shape index (κ3) is 4.81. The number of hydrogen-bond acceptors (Lipinski definition) is 5. The number of carbonyl (C=O) groups is 1. The highest BCUT2D eigenvalue weighted by molar-refractivity contribution is 7.85. The SMILES string of the molecule is Cc1ccc(-c2oc3nc(N(CCCC4(C(=O)O)CCNCC4)S(C)=O)c(C4CC4)cc3c2C)cc1. The van der Waals surface area contributed by atoms with E-state index < -0.39 is 22.4 Å². The van der Waals surface area contributed by atoms with Crippen molar-refractivity contribution >= 4 is 33.9 Å². The highest BCUT2D eigenvalue weighted by atomic mass is 32.2. The average Bonchev–Trinajstić information content (AvgIpc) is 3.66. The Balaban J connectivity index is 1.46. The molecule has 0 radical (unpaired) electrons. The van der Waals surface area contributed by atoms with Crippen molar-refractivity contribution in [2.24, 2.45) is 5.41 Å². The molecule has 192 valence electrons. The number of carboxylic acid groups (broad SMARTS) is 1. The van der Waals surface area contributed by atoms with Crippen LogP contribution >= 0.6 is 0 Å². The maximum absolute atomic E-state index is 12.9. The number of anilines is 1. The number of aromatic nitrogens is 1. The van der Waals surface area contributed by atoms with Gasteiger partial charge in [0.2, 0.25) is 5.71 Å². The summed E-state index contributed by atoms with van der Waals surface area (Å²) in [5, 5.41) is 14.2. The third-order valence-electron chi connectivity index (χ3n) is 7.85. The lowest BCUT2D eigenvalue weighted by atomic mass is 9.75. The van der Waals surface area contributed by atoms with Gasteiger partial charge in [0.25, 0.3) is 0 Å². The number of piperidine rings is 1. The lowest BCUT2D eigenvalue weighted by Crippen LogP contribution is -2.42. The summed E-state index contributed by atoms with van der Waals surface area (Å²) in [5.74, 6) is 1.22. The quantitative estimate of drug-likeness (QED) is 0.405. The van der Waals surface area contributed by atoms with Gasteiger partial charge in [-0.3, -0.25) is 9.10 Å². The predicted molar refractivity (Wildman–Crippen MR) is 144 cm³/mol. The molecule has 2 N–H and O–H groups in total. The van der Waals surface area contributed by atoms with Crippen molar-refractivity contribution in [3.63, 3.8) is 0 Å². The molecule has 8 heteroatoms. The minimum Gasteiger partial charge on any atom is -0.481 e. The van der Waals surface area contributed by atoms with Gasteiger partial charge in [-0.05, 0) is 83.0 Å². The second kappa shape index (κ2) is 9.98. The van der Waals surface area contributed by atoms with Crippen LogP contribution in [0.25, 0.3) is 22.4 Å². The van der Waals surface area contributed by atoms with E-state index in [1.807, 2.05) is 4.31 Å². The molecule has 1 aliphatic heterocycles. The summed E-state index contributed by atoms with van der Waals surface area (Å²) in [5.41, 5.74) is 4.24. The van der Waals surface area contributed by atoms with Crippen LogP contribution in [0, 0.1) is 19.3 Å². The van der Waals surface area contributed by atoms with E-state index in [2.05, 4.69) is 49.5 Å². The lowest BCUT2D eigenvalue weighted by molar-refractivity contribution is -0.151. The van der Waals surface area contributed by atoms with Crippen LogP contribution in [0.15, 0.2) is 34.7 Å². The number of hydrogen-bond donors (Lipinski definition) is 2. The van der Waals surface area contributed by atoms with Crippen molar-refractivity contribution in [3.8, 4) is 11.3 Å². The number of aliphatic carboxylic acids is 1. The molecule has 2 aliphatic rings. The average molecular weight is 510 g/mol. The van der Waals surface area contributed by atoms with E-state index in [1.54, 1.807) is 6.26 Å². The molecule has 0 spiro atoms. The van der Waals surface area contributed by atoms with Gasteiger partial charge in [0.15, 0.2) is 0 Å². The summed E-state index contributed by atoms with van der Waals surface area (Å²) >= 11 is 0. The number of nitrogens with one attached hydrogen (secondary N) is 1. The highest BCUT2D eigenvalue weighted by Crippen LogP contribution is 2.46. The predicted octanol–water partition coefficient (Wildman–Crippen LogP) is 5.32. The molecule has 1 aromatic carbocycles. The van der Waals surface area contributed by atoms with Crippen LogP contribution in [0.1, 0.15) is 61.1 Å². The zero-order valence-corrected chi connectivity index (χ0v) is 22.1. The zero-order valence-electron chi connectivity index (χ0n) is 21.3. The van der Waals surface area contributed by atoms with Crippen LogP contribution in [0.5, 0.6) is 0 Å². The zero-order chi connectivity index (χ0) is 25.4. The minimum absolute atomic E-state index is 0.412. The van der Waals surface area contributed by atoms with Crippen molar-refractivity contribution in [1.29, 1.82) is 0 Å². The number of carboxylic acids is 1. The Morgan fingerprint density at radius 2 is 1.92 bits per heavy atom. The fourth-order valence-corrected chi connectivity index (χ4v) is 6.19. The molecule has 1 atom stereocenters. The molecular weight excluding hydrogens is 474 g/mol. The maximum Gasteiger partial charge on any atom is 0.309 e. The van der Waals surface area contributed by atoms with Crippen molar-refractivity contribution in [3.05, 3.63) is 47.0 Å². The van der Waals surface area contributed by atoms with Crippen LogP contribution in [0.4, 0.5) is 5.82 Å². The number of benzene rings is 1. The molecule has 1 saturated carbocycles. The molecule has 0 amide bonds. The van der Waals surface area contributed by atoms with E-state index in [4.69, 9.17) is 9.40 Å². The first-order valence-corrected chi connectivity index (χ1v) is 14.4. The van der Waals surface area contributed by atoms with Gasteiger partial charge in [0, 0.05) is 29.3 Å². The van der Waals surface area contributed by atoms with E-state index >= 15 is 0 Å². The summed E-state index contributed by atoms with van der Waals surface area (Å²) in [6.45, 7) is 6.07. The summed E-state index contributed by atoms with van der Waals surface area (Å²) in [4.78, 5) is 17.0. The molecule has 5 rings (SSSR count). The number of furan rings is 1. The molecule has 1 saturated heterocycles. The van der Waals surface area contributed by atoms with Crippen LogP contribution < -0.4 is 9.62 Å². The maximum atomic E-state index is 12.9. The second-order valence-corrected chi connectivity index (χ2v) is 11.7. The molecule has 3 aromatic rings. The summed E-state index contributed by atoms with van der Waals surface area (Å²) in [7, 11) is -1.29. The highest BCUT2D eigenvalue weighted by Gasteiger charge is 2.39. The standard InChI is InChI=1S/C28H35N3O4S/c1-18-5-7-21(8-6-18)24-19(2)22-17-23(20-9-10-20)25(30-26(22)35-24)31(36(3)34)16-4-11-28(27(32)33)12-14-29-15-13-28/h5-8,17,20,29H,4,9-16H2,1-3H3,(H,32,33). The van der Waals surface area contributed by atoms with E-state index in [9.17, 15) is 14.1 Å². The fourth-order valence-electron chi connectivity index (χ4n) is 5.41. The first-order chi connectivity index (χ1) is 17.3. The normalized spacial score (nSPS) is 18.3. The van der Waals surface area contributed by atoms with Crippen molar-refractivity contribution < 1.29 is 18.5 Å². The third-order valence-corrected chi connectivity index (χ3v) is 8.82. The summed E-state index contributed by atoms with van der Waals surface area (Å²) in [6.07, 6.45) is 6.33. The lowest BCUT2D eigenvalue weighted by Gasteiger charge is -2.34. The van der Waals surface area contributed by atoms with Gasteiger partial charge in [-0.1, -0.05) is 29.8 Å². The largest absolute Gasteiger partial charge is 0.481 e. The van der Waals surface area contributed by atoms with Crippen molar-refractivity contribution in [1.82, 2.24) is 10.3 Å². The molecule has 7 nitrogen and oxygen atoms in total. The molecule has 2 aromatic heterocycles. The number of fused-ring (bicyclic) bond motifs is 1. The molecule has 2 fully saturated rings. The second-order valence-electron chi connectivity index (χ2n) is 10.4. The van der Waals surface area contributed by atoms with Gasteiger partial charge in [0.05, 0.1) is 5.41 Å². The van der Waals surface area contributed by atoms with Gasteiger partial charge in [0.1, 0.15) is 22.6 Å². The Morgan fingerprint density at radius 1 is 1.22 bits per heavy atom. The van der Waals surface area contributed by atoms with Crippen molar-refractivity contribution in [2.45, 2.75) is 58.3 Å². The smallest absolute Gasteiger partial charge is 0.309 e.